The third-order valence-electron chi connectivity index (χ3n) is 4.08. The number of carbonyl (C=O) groups is 1. The van der Waals surface area contributed by atoms with E-state index in [4.69, 9.17) is 5.73 Å². The Labute approximate surface area is 138 Å². The molecule has 0 aromatic heterocycles. The van der Waals surface area contributed by atoms with E-state index in [2.05, 4.69) is 26.0 Å². The summed E-state index contributed by atoms with van der Waals surface area (Å²) in [6.45, 7) is 0.225. The second-order valence-corrected chi connectivity index (χ2v) is 8.43. The van der Waals surface area contributed by atoms with Gasteiger partial charge in [0.15, 0.2) is 0 Å². The van der Waals surface area contributed by atoms with Crippen LogP contribution in [0.2, 0.25) is 0 Å². The van der Waals surface area contributed by atoms with Gasteiger partial charge in [-0.05, 0) is 58.8 Å². The van der Waals surface area contributed by atoms with E-state index in [9.17, 15) is 13.2 Å². The minimum absolute atomic E-state index is 0.0955. The SMILES string of the molecule is NC(CNS(=O)(=O)c1cc2c(cc1Br)CCC(=O)N2)C1CC1. The van der Waals surface area contributed by atoms with Crippen LogP contribution in [0.15, 0.2) is 21.5 Å². The molecule has 0 spiro atoms. The number of amides is 1. The summed E-state index contributed by atoms with van der Waals surface area (Å²) >= 11 is 3.31. The average molecular weight is 388 g/mol. The summed E-state index contributed by atoms with van der Waals surface area (Å²) in [7, 11) is -3.67. The van der Waals surface area contributed by atoms with Crippen LogP contribution in [0.25, 0.3) is 0 Å². The van der Waals surface area contributed by atoms with Crippen molar-refractivity contribution in [1.29, 1.82) is 0 Å². The highest BCUT2D eigenvalue weighted by molar-refractivity contribution is 9.10. The van der Waals surface area contributed by atoms with E-state index in [1.807, 2.05) is 0 Å². The van der Waals surface area contributed by atoms with E-state index in [1.165, 1.54) is 6.07 Å². The Balaban J connectivity index is 1.83. The van der Waals surface area contributed by atoms with Crippen molar-refractivity contribution in [2.45, 2.75) is 36.6 Å². The van der Waals surface area contributed by atoms with Crippen LogP contribution in [0, 0.1) is 5.92 Å². The summed E-state index contributed by atoms with van der Waals surface area (Å²) in [6.07, 6.45) is 3.16. The Kier molecular flexibility index (Phi) is 4.28. The van der Waals surface area contributed by atoms with Gasteiger partial charge in [-0.25, -0.2) is 13.1 Å². The van der Waals surface area contributed by atoms with Crippen molar-refractivity contribution < 1.29 is 13.2 Å². The zero-order chi connectivity index (χ0) is 15.9. The number of benzene rings is 1. The number of fused-ring (bicyclic) bond motifs is 1. The first-order valence-corrected chi connectivity index (χ1v) is 9.52. The molecule has 1 amide bonds. The molecule has 120 valence electrons. The fourth-order valence-electron chi connectivity index (χ4n) is 2.56. The van der Waals surface area contributed by atoms with E-state index < -0.39 is 10.0 Å². The topological polar surface area (TPSA) is 101 Å². The van der Waals surface area contributed by atoms with Crippen molar-refractivity contribution in [2.24, 2.45) is 11.7 Å². The van der Waals surface area contributed by atoms with Crippen molar-refractivity contribution in [2.75, 3.05) is 11.9 Å². The van der Waals surface area contributed by atoms with Crippen LogP contribution in [0.4, 0.5) is 5.69 Å². The van der Waals surface area contributed by atoms with Gasteiger partial charge in [-0.3, -0.25) is 4.79 Å². The number of rotatable bonds is 5. The standard InChI is InChI=1S/C14H18BrN3O3S/c15-10-5-9-3-4-14(19)18-12(9)6-13(10)22(20,21)17-7-11(16)8-1-2-8/h5-6,8,11,17H,1-4,7,16H2,(H,18,19). The van der Waals surface area contributed by atoms with Crippen LogP contribution in [0.5, 0.6) is 0 Å². The molecular weight excluding hydrogens is 370 g/mol. The highest BCUT2D eigenvalue weighted by Crippen LogP contribution is 2.33. The van der Waals surface area contributed by atoms with Gasteiger partial charge < -0.3 is 11.1 Å². The number of hydrogen-bond acceptors (Lipinski definition) is 4. The van der Waals surface area contributed by atoms with Crippen LogP contribution in [-0.4, -0.2) is 26.9 Å². The lowest BCUT2D eigenvalue weighted by Gasteiger charge is -2.19. The van der Waals surface area contributed by atoms with Crippen molar-refractivity contribution in [3.05, 3.63) is 22.2 Å². The molecule has 6 nitrogen and oxygen atoms in total. The van der Waals surface area contributed by atoms with E-state index in [1.54, 1.807) is 6.07 Å². The first-order chi connectivity index (χ1) is 10.4. The average Bonchev–Trinajstić information content (AvgIpc) is 3.29. The highest BCUT2D eigenvalue weighted by atomic mass is 79.9. The Bertz CT molecular complexity index is 716. The molecule has 1 unspecified atom stereocenters. The van der Waals surface area contributed by atoms with Crippen LogP contribution in [0.3, 0.4) is 0 Å². The van der Waals surface area contributed by atoms with E-state index in [-0.39, 0.29) is 23.4 Å². The minimum Gasteiger partial charge on any atom is -0.326 e. The maximum atomic E-state index is 12.5. The molecule has 4 N–H and O–H groups in total. The summed E-state index contributed by atoms with van der Waals surface area (Å²) in [5.41, 5.74) is 7.43. The Morgan fingerprint density at radius 1 is 1.36 bits per heavy atom. The van der Waals surface area contributed by atoms with Gasteiger partial charge in [-0.1, -0.05) is 0 Å². The lowest BCUT2D eigenvalue weighted by Crippen LogP contribution is -2.38. The van der Waals surface area contributed by atoms with E-state index in [0.29, 0.717) is 28.9 Å². The van der Waals surface area contributed by atoms with Crippen LogP contribution >= 0.6 is 15.9 Å². The summed E-state index contributed by atoms with van der Waals surface area (Å²) in [4.78, 5) is 11.6. The molecule has 8 heteroatoms. The maximum absolute atomic E-state index is 12.5. The van der Waals surface area contributed by atoms with E-state index in [0.717, 1.165) is 18.4 Å². The number of nitrogens with one attached hydrogen (secondary N) is 2. The number of sulfonamides is 1. The number of anilines is 1. The third-order valence-corrected chi connectivity index (χ3v) is 6.46. The highest BCUT2D eigenvalue weighted by Gasteiger charge is 2.30. The van der Waals surface area contributed by atoms with Gasteiger partial charge >= 0.3 is 0 Å². The molecule has 1 aliphatic carbocycles. The fraction of sp³-hybridized carbons (Fsp3) is 0.500. The molecule has 2 aliphatic rings. The first kappa shape index (κ1) is 15.9. The Morgan fingerprint density at radius 3 is 2.77 bits per heavy atom. The normalized spacial score (nSPS) is 19.5. The molecule has 1 aromatic rings. The van der Waals surface area contributed by atoms with Crippen LogP contribution in [-0.2, 0) is 21.2 Å². The molecule has 3 rings (SSSR count). The smallest absolute Gasteiger partial charge is 0.241 e. The van der Waals surface area contributed by atoms with Gasteiger partial charge in [-0.2, -0.15) is 0 Å². The minimum atomic E-state index is -3.67. The van der Waals surface area contributed by atoms with Crippen molar-refractivity contribution in [3.8, 4) is 0 Å². The summed E-state index contributed by atoms with van der Waals surface area (Å²) in [5.74, 6) is 0.329. The number of hydrogen-bond donors (Lipinski definition) is 3. The Morgan fingerprint density at radius 2 is 2.09 bits per heavy atom. The third kappa shape index (κ3) is 3.34. The quantitative estimate of drug-likeness (QED) is 0.709. The first-order valence-electron chi connectivity index (χ1n) is 7.24. The Hall–Kier alpha value is -0.960. The molecule has 1 atom stereocenters. The molecule has 0 radical (unpaired) electrons. The van der Waals surface area contributed by atoms with Gasteiger partial charge in [0, 0.05) is 29.2 Å². The zero-order valence-electron chi connectivity index (χ0n) is 11.9. The molecule has 1 heterocycles. The zero-order valence-corrected chi connectivity index (χ0v) is 14.3. The molecule has 1 aliphatic heterocycles. The molecule has 1 fully saturated rings. The predicted octanol–water partition coefficient (Wildman–Crippen LogP) is 1.35. The van der Waals surface area contributed by atoms with Crippen LogP contribution < -0.4 is 15.8 Å². The summed E-state index contributed by atoms with van der Waals surface area (Å²) < 4.78 is 28.0. The molecule has 0 saturated heterocycles. The van der Waals surface area contributed by atoms with Crippen molar-refractivity contribution in [3.63, 3.8) is 0 Å². The summed E-state index contributed by atoms with van der Waals surface area (Å²) in [5, 5.41) is 2.72. The monoisotopic (exact) mass is 387 g/mol. The van der Waals surface area contributed by atoms with Crippen molar-refractivity contribution >= 4 is 37.5 Å². The second kappa shape index (κ2) is 5.92. The van der Waals surface area contributed by atoms with Gasteiger partial charge in [0.2, 0.25) is 15.9 Å². The lowest BCUT2D eigenvalue weighted by atomic mass is 10.0. The number of nitrogens with two attached hydrogens (primary N) is 1. The second-order valence-electron chi connectivity index (χ2n) is 5.84. The van der Waals surface area contributed by atoms with Crippen LogP contribution in [0.1, 0.15) is 24.8 Å². The van der Waals surface area contributed by atoms with Gasteiger partial charge in [0.1, 0.15) is 0 Å². The summed E-state index contributed by atoms with van der Waals surface area (Å²) in [6, 6.07) is 3.11. The predicted molar refractivity (Wildman–Crippen MR) is 87.0 cm³/mol. The molecular formula is C14H18BrN3O3S. The molecule has 1 aromatic carbocycles. The molecule has 0 bridgehead atoms. The van der Waals surface area contributed by atoms with Gasteiger partial charge in [-0.15, -0.1) is 0 Å². The van der Waals surface area contributed by atoms with E-state index >= 15 is 0 Å². The number of halogens is 1. The maximum Gasteiger partial charge on any atom is 0.241 e. The number of carbonyl (C=O) groups excluding carboxylic acids is 1. The molecule has 22 heavy (non-hydrogen) atoms. The van der Waals surface area contributed by atoms with Gasteiger partial charge in [0.25, 0.3) is 0 Å². The van der Waals surface area contributed by atoms with Crippen molar-refractivity contribution in [1.82, 2.24) is 4.72 Å². The van der Waals surface area contributed by atoms with Gasteiger partial charge in [0.05, 0.1) is 4.90 Å². The lowest BCUT2D eigenvalue weighted by molar-refractivity contribution is -0.116. The largest absolute Gasteiger partial charge is 0.326 e. The molecule has 1 saturated carbocycles. The number of aryl methyl sites for hydroxylation is 1. The fourth-order valence-corrected chi connectivity index (χ4v) is 4.75.